The van der Waals surface area contributed by atoms with Crippen molar-refractivity contribution in [2.24, 2.45) is 0 Å². The zero-order valence-electron chi connectivity index (χ0n) is 16.9. The van der Waals surface area contributed by atoms with Gasteiger partial charge >= 0.3 is 6.18 Å². The first-order valence-corrected chi connectivity index (χ1v) is 9.43. The van der Waals surface area contributed by atoms with Gasteiger partial charge in [-0.15, -0.1) is 0 Å². The highest BCUT2D eigenvalue weighted by molar-refractivity contribution is 7.81. The third kappa shape index (κ3) is 3.64. The van der Waals surface area contributed by atoms with Crippen LogP contribution in [0.15, 0.2) is 30.5 Å². The van der Waals surface area contributed by atoms with Crippen molar-refractivity contribution in [1.29, 1.82) is 5.26 Å². The van der Waals surface area contributed by atoms with E-state index in [1.165, 1.54) is 44.0 Å². The Morgan fingerprint density at radius 1 is 1.25 bits per heavy atom. The molecule has 2 amide bonds. The molecule has 1 aromatic carbocycles. The number of benzene rings is 1. The van der Waals surface area contributed by atoms with Gasteiger partial charge in [0.15, 0.2) is 10.8 Å². The summed E-state index contributed by atoms with van der Waals surface area (Å²) in [5, 5.41) is 11.0. The fourth-order valence-electron chi connectivity index (χ4n) is 3.30. The second-order valence-electron chi connectivity index (χ2n) is 7.26. The molecule has 32 heavy (non-hydrogen) atoms. The van der Waals surface area contributed by atoms with Gasteiger partial charge in [-0.3, -0.25) is 14.5 Å². The predicted molar refractivity (Wildman–Crippen MR) is 110 cm³/mol. The normalized spacial score (nSPS) is 15.7. The quantitative estimate of drug-likeness (QED) is 0.552. The van der Waals surface area contributed by atoms with E-state index in [0.717, 1.165) is 17.2 Å². The van der Waals surface area contributed by atoms with Crippen LogP contribution in [-0.2, 0) is 11.0 Å². The first kappa shape index (κ1) is 23.1. The van der Waals surface area contributed by atoms with Gasteiger partial charge in [-0.2, -0.15) is 18.4 Å². The van der Waals surface area contributed by atoms with Gasteiger partial charge in [0.1, 0.15) is 17.4 Å². The summed E-state index contributed by atoms with van der Waals surface area (Å²) in [6.07, 6.45) is -3.95. The number of aromatic nitrogens is 1. The Hall–Kier alpha value is -3.59. The topological polar surface area (TPSA) is 89.3 Å². The van der Waals surface area contributed by atoms with E-state index < -0.39 is 40.6 Å². The van der Waals surface area contributed by atoms with E-state index in [9.17, 15) is 27.2 Å². The number of thiocarbonyl (C=S) groups is 1. The SMILES string of the molecule is CNC(=O)c1ccc(N2C(=S)N(c3cnc(C#N)c(C(F)(F)F)c3)C(=O)C2(C)C)cc1F. The zero-order valence-corrected chi connectivity index (χ0v) is 17.7. The minimum atomic E-state index is -4.88. The number of rotatable bonds is 3. The predicted octanol–water partition coefficient (Wildman–Crippen LogP) is 3.39. The molecule has 2 aromatic rings. The van der Waals surface area contributed by atoms with Crippen molar-refractivity contribution in [2.75, 3.05) is 16.8 Å². The summed E-state index contributed by atoms with van der Waals surface area (Å²) in [6.45, 7) is 2.93. The molecule has 1 saturated heterocycles. The Morgan fingerprint density at radius 2 is 1.91 bits per heavy atom. The van der Waals surface area contributed by atoms with Crippen LogP contribution in [0.2, 0.25) is 0 Å². The van der Waals surface area contributed by atoms with Crippen LogP contribution in [0.5, 0.6) is 0 Å². The molecule has 1 aliphatic heterocycles. The van der Waals surface area contributed by atoms with Crippen molar-refractivity contribution in [2.45, 2.75) is 25.6 Å². The first-order valence-electron chi connectivity index (χ1n) is 9.02. The Balaban J connectivity index is 2.10. The number of alkyl halides is 3. The summed E-state index contributed by atoms with van der Waals surface area (Å²) in [5.74, 6) is -2.21. The molecule has 0 aliphatic carbocycles. The summed E-state index contributed by atoms with van der Waals surface area (Å²) < 4.78 is 54.6. The number of carbonyl (C=O) groups is 2. The van der Waals surface area contributed by atoms with E-state index in [4.69, 9.17) is 17.5 Å². The highest BCUT2D eigenvalue weighted by Crippen LogP contribution is 2.39. The van der Waals surface area contributed by atoms with Gasteiger partial charge in [0.2, 0.25) is 0 Å². The van der Waals surface area contributed by atoms with Crippen molar-refractivity contribution in [3.63, 3.8) is 0 Å². The molecular formula is C20H15F4N5O2S. The van der Waals surface area contributed by atoms with Crippen LogP contribution in [0.4, 0.5) is 28.9 Å². The van der Waals surface area contributed by atoms with Gasteiger partial charge in [-0.1, -0.05) is 0 Å². The minimum Gasteiger partial charge on any atom is -0.355 e. The molecule has 1 N–H and O–H groups in total. The van der Waals surface area contributed by atoms with Gasteiger partial charge in [-0.05, 0) is 50.3 Å². The maximum Gasteiger partial charge on any atom is 0.419 e. The molecule has 2 heterocycles. The van der Waals surface area contributed by atoms with Gasteiger partial charge < -0.3 is 10.2 Å². The summed E-state index contributed by atoms with van der Waals surface area (Å²) in [7, 11) is 1.34. The molecule has 0 saturated carbocycles. The lowest BCUT2D eigenvalue weighted by Crippen LogP contribution is -2.44. The lowest BCUT2D eigenvalue weighted by Gasteiger charge is -2.29. The molecule has 1 fully saturated rings. The lowest BCUT2D eigenvalue weighted by molar-refractivity contribution is -0.138. The maximum atomic E-state index is 14.5. The lowest BCUT2D eigenvalue weighted by atomic mass is 10.0. The van der Waals surface area contributed by atoms with Crippen LogP contribution in [0.3, 0.4) is 0 Å². The second kappa shape index (κ2) is 7.83. The third-order valence-electron chi connectivity index (χ3n) is 4.89. The fraction of sp³-hybridized carbons (Fsp3) is 0.250. The molecule has 0 radical (unpaired) electrons. The van der Waals surface area contributed by atoms with Gasteiger partial charge in [0.05, 0.1) is 23.0 Å². The Labute approximate surface area is 185 Å². The minimum absolute atomic E-state index is 0.124. The van der Waals surface area contributed by atoms with Crippen molar-refractivity contribution in [3.8, 4) is 6.07 Å². The standard InChI is InChI=1S/C20H15F4N5O2S/c1-19(2)17(31)28(11-6-13(20(22,23)24)15(8-25)27-9-11)18(32)29(19)10-4-5-12(14(21)7-10)16(30)26-3/h4-7,9H,1-3H3,(H,26,30). The Bertz CT molecular complexity index is 1190. The molecule has 7 nitrogen and oxygen atoms in total. The molecule has 166 valence electrons. The number of pyridine rings is 1. The first-order chi connectivity index (χ1) is 14.8. The molecule has 0 bridgehead atoms. The summed E-state index contributed by atoms with van der Waals surface area (Å²) in [5.41, 5.74) is -3.95. The molecule has 12 heteroatoms. The largest absolute Gasteiger partial charge is 0.419 e. The molecule has 0 spiro atoms. The number of carbonyl (C=O) groups excluding carboxylic acids is 2. The average molecular weight is 465 g/mol. The smallest absolute Gasteiger partial charge is 0.355 e. The molecule has 1 aromatic heterocycles. The van der Waals surface area contributed by atoms with Crippen LogP contribution in [0.1, 0.15) is 35.5 Å². The maximum absolute atomic E-state index is 14.5. The summed E-state index contributed by atoms with van der Waals surface area (Å²) >= 11 is 5.36. The second-order valence-corrected chi connectivity index (χ2v) is 7.63. The monoisotopic (exact) mass is 465 g/mol. The van der Waals surface area contributed by atoms with E-state index in [-0.39, 0.29) is 22.1 Å². The summed E-state index contributed by atoms with van der Waals surface area (Å²) in [4.78, 5) is 30.5. The number of nitriles is 1. The van der Waals surface area contributed by atoms with Gasteiger partial charge in [-0.25, -0.2) is 9.37 Å². The Kier molecular flexibility index (Phi) is 5.65. The Morgan fingerprint density at radius 3 is 2.44 bits per heavy atom. The van der Waals surface area contributed by atoms with E-state index in [2.05, 4.69) is 10.3 Å². The van der Waals surface area contributed by atoms with Crippen molar-refractivity contribution in [3.05, 3.63) is 53.1 Å². The van der Waals surface area contributed by atoms with Crippen LogP contribution >= 0.6 is 12.2 Å². The molecule has 0 atom stereocenters. The highest BCUT2D eigenvalue weighted by atomic mass is 32.1. The molecule has 3 rings (SSSR count). The van der Waals surface area contributed by atoms with E-state index in [0.29, 0.717) is 6.07 Å². The van der Waals surface area contributed by atoms with Crippen LogP contribution in [-0.4, -0.2) is 34.5 Å². The van der Waals surface area contributed by atoms with E-state index >= 15 is 0 Å². The van der Waals surface area contributed by atoms with Gasteiger partial charge in [0.25, 0.3) is 11.8 Å². The number of halogens is 4. The summed E-state index contributed by atoms with van der Waals surface area (Å²) in [6, 6.07) is 5.57. The third-order valence-corrected chi connectivity index (χ3v) is 5.26. The van der Waals surface area contributed by atoms with Crippen molar-refractivity contribution < 1.29 is 27.2 Å². The number of hydrogen-bond donors (Lipinski definition) is 1. The number of amides is 2. The van der Waals surface area contributed by atoms with Crippen molar-refractivity contribution >= 4 is 40.5 Å². The van der Waals surface area contributed by atoms with Crippen molar-refractivity contribution in [1.82, 2.24) is 10.3 Å². The van der Waals surface area contributed by atoms with E-state index in [1.807, 2.05) is 0 Å². The van der Waals surface area contributed by atoms with Crippen LogP contribution in [0.25, 0.3) is 0 Å². The van der Waals surface area contributed by atoms with E-state index in [1.54, 1.807) is 0 Å². The van der Waals surface area contributed by atoms with Crippen LogP contribution < -0.4 is 15.1 Å². The van der Waals surface area contributed by atoms with Crippen LogP contribution in [0, 0.1) is 17.1 Å². The number of nitrogens with one attached hydrogen (secondary N) is 1. The average Bonchev–Trinajstić information content (AvgIpc) is 2.90. The number of anilines is 2. The zero-order chi connectivity index (χ0) is 24.0. The number of hydrogen-bond acceptors (Lipinski definition) is 5. The number of nitrogens with zero attached hydrogens (tertiary/aromatic N) is 4. The molecule has 0 unspecified atom stereocenters. The fourth-order valence-corrected chi connectivity index (χ4v) is 3.82. The molecular weight excluding hydrogens is 450 g/mol. The highest BCUT2D eigenvalue weighted by Gasteiger charge is 2.51. The molecule has 1 aliphatic rings. The van der Waals surface area contributed by atoms with Gasteiger partial charge in [0, 0.05) is 12.7 Å².